The van der Waals surface area contributed by atoms with Crippen LogP contribution in [-0.4, -0.2) is 15.7 Å². The Morgan fingerprint density at radius 3 is 2.38 bits per heavy atom. The van der Waals surface area contributed by atoms with Crippen LogP contribution in [-0.2, 0) is 5.41 Å². The van der Waals surface area contributed by atoms with Crippen LogP contribution >= 0.6 is 23.2 Å². The number of rotatable bonds is 2. The van der Waals surface area contributed by atoms with Gasteiger partial charge < -0.3 is 5.11 Å². The quantitative estimate of drug-likeness (QED) is 0.491. The first kappa shape index (κ1) is 18.2. The second kappa shape index (κ2) is 6.20. The van der Waals surface area contributed by atoms with E-state index in [-0.39, 0.29) is 5.41 Å². The lowest BCUT2D eigenvalue weighted by atomic mass is 9.47. The van der Waals surface area contributed by atoms with Crippen molar-refractivity contribution in [3.63, 3.8) is 0 Å². The van der Waals surface area contributed by atoms with Gasteiger partial charge in [-0.25, -0.2) is 0 Å². The highest BCUT2D eigenvalue weighted by molar-refractivity contribution is 6.34. The summed E-state index contributed by atoms with van der Waals surface area (Å²) in [5.41, 5.74) is 3.63. The van der Waals surface area contributed by atoms with Crippen LogP contribution in [0, 0.1) is 11.8 Å². The summed E-state index contributed by atoms with van der Waals surface area (Å²) in [5.74, 6) is 1.24. The van der Waals surface area contributed by atoms with E-state index in [1.807, 2.05) is 36.4 Å². The Bertz CT molecular complexity index is 1130. The summed E-state index contributed by atoms with van der Waals surface area (Å²) in [6.07, 6.45) is 6.31. The lowest BCUT2D eigenvalue weighted by molar-refractivity contribution is -0.137. The van der Waals surface area contributed by atoms with Gasteiger partial charge in [-0.3, -0.25) is 4.98 Å². The summed E-state index contributed by atoms with van der Waals surface area (Å²) < 4.78 is 0. The van der Waals surface area contributed by atoms with Crippen LogP contribution in [0.3, 0.4) is 0 Å². The van der Waals surface area contributed by atoms with Crippen LogP contribution in [0.25, 0.3) is 22.0 Å². The fourth-order valence-electron chi connectivity index (χ4n) is 6.89. The van der Waals surface area contributed by atoms with Crippen LogP contribution in [0.5, 0.6) is 0 Å². The summed E-state index contributed by atoms with van der Waals surface area (Å²) in [5, 5.41) is 13.7. The van der Waals surface area contributed by atoms with E-state index in [9.17, 15) is 5.11 Å². The molecule has 3 aromatic rings. The predicted molar refractivity (Wildman–Crippen MR) is 119 cm³/mol. The van der Waals surface area contributed by atoms with Gasteiger partial charge in [0.05, 0.1) is 11.1 Å². The zero-order chi connectivity index (χ0) is 19.8. The molecule has 4 heteroatoms. The number of aliphatic hydroxyl groups is 1. The van der Waals surface area contributed by atoms with Crippen LogP contribution in [0.2, 0.25) is 10.0 Å². The molecule has 4 aliphatic rings. The second-order valence-corrected chi connectivity index (χ2v) is 10.5. The number of halogens is 2. The first-order chi connectivity index (χ1) is 13.9. The molecule has 0 radical (unpaired) electrons. The fourth-order valence-corrected chi connectivity index (χ4v) is 7.30. The molecule has 7 rings (SSSR count). The van der Waals surface area contributed by atoms with Crippen LogP contribution in [0.4, 0.5) is 0 Å². The standard InChI is InChI=1S/C25H23Cl2NO/c26-17-5-6-22-20(8-17)19(18-3-1-2-4-21(18)27)9-23(28-22)24-10-15-7-16(11-24)13-25(29,12-15)14-24/h1-6,8-9,15-16,29H,7,10-14H2/t15-,16+,24?,25?. The molecule has 2 nitrogen and oxygen atoms in total. The maximum atomic E-state index is 11.2. The Balaban J connectivity index is 1.59. The molecule has 4 atom stereocenters. The number of hydrogen-bond donors (Lipinski definition) is 1. The van der Waals surface area contributed by atoms with E-state index in [0.29, 0.717) is 16.9 Å². The smallest absolute Gasteiger partial charge is 0.0712 e. The molecule has 4 saturated carbocycles. The Hall–Kier alpha value is -1.61. The van der Waals surface area contributed by atoms with Crippen molar-refractivity contribution >= 4 is 34.1 Å². The molecular weight excluding hydrogens is 401 g/mol. The molecule has 1 aromatic heterocycles. The SMILES string of the molecule is OC12C[C@H]3C[C@@H](C1)CC(c1cc(-c4ccccc4Cl)c4cc(Cl)ccc4n1)(C3)C2. The summed E-state index contributed by atoms with van der Waals surface area (Å²) in [6.45, 7) is 0. The molecule has 1 heterocycles. The summed E-state index contributed by atoms with van der Waals surface area (Å²) in [6, 6.07) is 16.1. The third kappa shape index (κ3) is 2.84. The molecule has 0 saturated heterocycles. The zero-order valence-corrected chi connectivity index (χ0v) is 17.7. The van der Waals surface area contributed by atoms with Crippen molar-refractivity contribution in [1.29, 1.82) is 0 Å². The summed E-state index contributed by atoms with van der Waals surface area (Å²) in [4.78, 5) is 5.14. The van der Waals surface area contributed by atoms with Crippen molar-refractivity contribution in [2.45, 2.75) is 49.5 Å². The molecule has 2 aromatic carbocycles. The van der Waals surface area contributed by atoms with Gasteiger partial charge in [-0.2, -0.15) is 0 Å². The van der Waals surface area contributed by atoms with Crippen molar-refractivity contribution < 1.29 is 5.11 Å². The van der Waals surface area contributed by atoms with E-state index in [0.717, 1.165) is 64.9 Å². The molecular formula is C25H23Cl2NO. The molecule has 0 amide bonds. The highest BCUT2D eigenvalue weighted by Gasteiger charge is 2.58. The summed E-state index contributed by atoms with van der Waals surface area (Å²) in [7, 11) is 0. The van der Waals surface area contributed by atoms with E-state index < -0.39 is 5.60 Å². The van der Waals surface area contributed by atoms with Gasteiger partial charge in [0.25, 0.3) is 0 Å². The maximum absolute atomic E-state index is 11.2. The van der Waals surface area contributed by atoms with Crippen LogP contribution < -0.4 is 0 Å². The van der Waals surface area contributed by atoms with Crippen molar-refractivity contribution in [2.24, 2.45) is 11.8 Å². The largest absolute Gasteiger partial charge is 0.390 e. The van der Waals surface area contributed by atoms with Crippen molar-refractivity contribution in [2.75, 3.05) is 0 Å². The number of nitrogens with zero attached hydrogens (tertiary/aromatic N) is 1. The van der Waals surface area contributed by atoms with E-state index >= 15 is 0 Å². The van der Waals surface area contributed by atoms with Crippen LogP contribution in [0.1, 0.15) is 44.2 Å². The highest BCUT2D eigenvalue weighted by Crippen LogP contribution is 2.62. The molecule has 4 fully saturated rings. The Morgan fingerprint density at radius 1 is 0.897 bits per heavy atom. The number of benzene rings is 2. The molecule has 1 N–H and O–H groups in total. The zero-order valence-electron chi connectivity index (χ0n) is 16.2. The molecule has 4 aliphatic carbocycles. The van der Waals surface area contributed by atoms with Crippen molar-refractivity contribution in [3.8, 4) is 11.1 Å². The van der Waals surface area contributed by atoms with Crippen LogP contribution in [0.15, 0.2) is 48.5 Å². The van der Waals surface area contributed by atoms with Gasteiger partial charge >= 0.3 is 0 Å². The van der Waals surface area contributed by atoms with E-state index in [4.69, 9.17) is 28.2 Å². The number of aromatic nitrogens is 1. The van der Waals surface area contributed by atoms with Gasteiger partial charge in [0, 0.05) is 32.1 Å². The monoisotopic (exact) mass is 423 g/mol. The Kier molecular flexibility index (Phi) is 3.89. The summed E-state index contributed by atoms with van der Waals surface area (Å²) >= 11 is 12.9. The highest BCUT2D eigenvalue weighted by atomic mass is 35.5. The van der Waals surface area contributed by atoms with Crippen molar-refractivity contribution in [3.05, 3.63) is 64.3 Å². The minimum Gasteiger partial charge on any atom is -0.390 e. The molecule has 29 heavy (non-hydrogen) atoms. The number of hydrogen-bond acceptors (Lipinski definition) is 2. The topological polar surface area (TPSA) is 33.1 Å². The first-order valence-electron chi connectivity index (χ1n) is 10.5. The normalized spacial score (nSPS) is 32.8. The maximum Gasteiger partial charge on any atom is 0.0712 e. The van der Waals surface area contributed by atoms with Gasteiger partial charge in [0.1, 0.15) is 0 Å². The van der Waals surface area contributed by atoms with Gasteiger partial charge in [-0.1, -0.05) is 41.4 Å². The molecule has 148 valence electrons. The number of fused-ring (bicyclic) bond motifs is 1. The molecule has 0 aliphatic heterocycles. The van der Waals surface area contributed by atoms with E-state index in [1.165, 1.54) is 6.42 Å². The van der Waals surface area contributed by atoms with Gasteiger partial charge in [0.15, 0.2) is 0 Å². The third-order valence-electron chi connectivity index (χ3n) is 7.51. The fraction of sp³-hybridized carbons (Fsp3) is 0.400. The predicted octanol–water partition coefficient (Wildman–Crippen LogP) is 6.79. The molecule has 2 unspecified atom stereocenters. The average Bonchev–Trinajstić information content (AvgIpc) is 2.66. The lowest BCUT2D eigenvalue weighted by Gasteiger charge is -2.60. The molecule has 4 bridgehead atoms. The number of pyridine rings is 1. The van der Waals surface area contributed by atoms with Gasteiger partial charge in [-0.05, 0) is 86.3 Å². The second-order valence-electron chi connectivity index (χ2n) is 9.66. The Labute approximate surface area is 180 Å². The third-order valence-corrected chi connectivity index (χ3v) is 8.07. The van der Waals surface area contributed by atoms with Crippen molar-refractivity contribution in [1.82, 2.24) is 4.98 Å². The minimum atomic E-state index is -0.509. The lowest BCUT2D eigenvalue weighted by Crippen LogP contribution is -2.57. The average molecular weight is 424 g/mol. The molecule has 0 spiro atoms. The van der Waals surface area contributed by atoms with Gasteiger partial charge in [-0.15, -0.1) is 0 Å². The minimum absolute atomic E-state index is 0.0251. The van der Waals surface area contributed by atoms with E-state index in [2.05, 4.69) is 12.1 Å². The van der Waals surface area contributed by atoms with Gasteiger partial charge in [0.2, 0.25) is 0 Å². The Morgan fingerprint density at radius 2 is 1.66 bits per heavy atom. The van der Waals surface area contributed by atoms with E-state index in [1.54, 1.807) is 0 Å². The first-order valence-corrected chi connectivity index (χ1v) is 11.3.